The molecular formula is C18H18N4O2. The van der Waals surface area contributed by atoms with Gasteiger partial charge in [-0.3, -0.25) is 14.3 Å². The molecule has 2 aromatic heterocycles. The van der Waals surface area contributed by atoms with Gasteiger partial charge in [0.1, 0.15) is 5.69 Å². The highest BCUT2D eigenvalue weighted by atomic mass is 16.2. The van der Waals surface area contributed by atoms with Crippen LogP contribution in [0, 0.1) is 0 Å². The monoisotopic (exact) mass is 322 g/mol. The molecule has 122 valence electrons. The fourth-order valence-corrected chi connectivity index (χ4v) is 2.47. The Kier molecular flexibility index (Phi) is 4.86. The molecule has 0 saturated heterocycles. The highest BCUT2D eigenvalue weighted by molar-refractivity contribution is 5.92. The van der Waals surface area contributed by atoms with Gasteiger partial charge >= 0.3 is 5.69 Å². The summed E-state index contributed by atoms with van der Waals surface area (Å²) in [4.78, 5) is 30.9. The molecule has 6 nitrogen and oxygen atoms in total. The Labute approximate surface area is 139 Å². The number of aromatic nitrogens is 3. The Hall–Kier alpha value is -3.15. The summed E-state index contributed by atoms with van der Waals surface area (Å²) in [6.07, 6.45) is 5.61. The number of hydrogen-bond acceptors (Lipinski definition) is 3. The Morgan fingerprint density at radius 1 is 1.08 bits per heavy atom. The first kappa shape index (κ1) is 15.7. The largest absolute Gasteiger partial charge is 0.350 e. The van der Waals surface area contributed by atoms with Crippen LogP contribution in [0.25, 0.3) is 0 Å². The molecule has 0 bridgehead atoms. The molecule has 24 heavy (non-hydrogen) atoms. The van der Waals surface area contributed by atoms with Gasteiger partial charge in [-0.15, -0.1) is 0 Å². The van der Waals surface area contributed by atoms with Crippen molar-refractivity contribution in [2.75, 3.05) is 6.54 Å². The third kappa shape index (κ3) is 3.78. The van der Waals surface area contributed by atoms with Crippen LogP contribution in [0.5, 0.6) is 0 Å². The van der Waals surface area contributed by atoms with E-state index in [1.54, 1.807) is 12.4 Å². The zero-order chi connectivity index (χ0) is 16.8. The predicted octanol–water partition coefficient (Wildman–Crippen LogP) is 1.59. The zero-order valence-electron chi connectivity index (χ0n) is 13.1. The number of pyridine rings is 1. The van der Waals surface area contributed by atoms with E-state index >= 15 is 0 Å². The number of benzene rings is 1. The number of rotatable bonds is 6. The Morgan fingerprint density at radius 3 is 2.58 bits per heavy atom. The molecule has 0 aliphatic rings. The van der Waals surface area contributed by atoms with E-state index in [0.717, 1.165) is 11.1 Å². The van der Waals surface area contributed by atoms with Gasteiger partial charge in [0.15, 0.2) is 0 Å². The maximum absolute atomic E-state index is 12.4. The second kappa shape index (κ2) is 7.41. The number of imidazole rings is 1. The first-order valence-corrected chi connectivity index (χ1v) is 7.73. The van der Waals surface area contributed by atoms with E-state index < -0.39 is 0 Å². The minimum absolute atomic E-state index is 0.265. The van der Waals surface area contributed by atoms with Crippen molar-refractivity contribution in [1.82, 2.24) is 19.9 Å². The number of nitrogens with zero attached hydrogens (tertiary/aromatic N) is 2. The molecule has 2 heterocycles. The van der Waals surface area contributed by atoms with Crippen LogP contribution in [-0.4, -0.2) is 27.0 Å². The van der Waals surface area contributed by atoms with Crippen molar-refractivity contribution in [1.29, 1.82) is 0 Å². The van der Waals surface area contributed by atoms with Crippen LogP contribution in [-0.2, 0) is 13.0 Å². The number of amides is 1. The second-order valence-electron chi connectivity index (χ2n) is 5.41. The van der Waals surface area contributed by atoms with Crippen LogP contribution in [0.1, 0.15) is 21.6 Å². The minimum atomic E-state index is -0.293. The standard InChI is InChI=1S/C18H18N4O2/c23-17(20-11-8-14-6-9-19-10-7-14)16-12-21-18(24)22(16)13-15-4-2-1-3-5-15/h1-7,9-10,12H,8,11,13H2,(H,20,23)(H,21,24). The summed E-state index contributed by atoms with van der Waals surface area (Å²) in [5.74, 6) is -0.265. The second-order valence-corrected chi connectivity index (χ2v) is 5.41. The summed E-state index contributed by atoms with van der Waals surface area (Å²) < 4.78 is 1.44. The van der Waals surface area contributed by atoms with E-state index in [2.05, 4.69) is 15.3 Å². The lowest BCUT2D eigenvalue weighted by Crippen LogP contribution is -2.30. The van der Waals surface area contributed by atoms with Crippen LogP contribution in [0.3, 0.4) is 0 Å². The van der Waals surface area contributed by atoms with E-state index in [-0.39, 0.29) is 11.6 Å². The molecule has 2 N–H and O–H groups in total. The van der Waals surface area contributed by atoms with E-state index in [1.165, 1.54) is 10.8 Å². The molecule has 0 aliphatic heterocycles. The summed E-state index contributed by atoms with van der Waals surface area (Å²) in [5.41, 5.74) is 2.10. The van der Waals surface area contributed by atoms with Crippen molar-refractivity contribution in [2.24, 2.45) is 0 Å². The first-order valence-electron chi connectivity index (χ1n) is 7.73. The van der Waals surface area contributed by atoms with Crippen LogP contribution >= 0.6 is 0 Å². The SMILES string of the molecule is O=C(NCCc1ccncc1)c1c[nH]c(=O)n1Cc1ccccc1. The number of nitrogens with one attached hydrogen (secondary N) is 2. The maximum atomic E-state index is 12.4. The van der Waals surface area contributed by atoms with Crippen molar-refractivity contribution in [3.05, 3.63) is 88.4 Å². The molecule has 0 saturated carbocycles. The van der Waals surface area contributed by atoms with Gasteiger partial charge in [0.2, 0.25) is 0 Å². The number of aromatic amines is 1. The number of hydrogen-bond donors (Lipinski definition) is 2. The third-order valence-electron chi connectivity index (χ3n) is 3.73. The summed E-state index contributed by atoms with van der Waals surface area (Å²) in [7, 11) is 0. The molecule has 1 amide bonds. The molecule has 0 aliphatic carbocycles. The fourth-order valence-electron chi connectivity index (χ4n) is 2.47. The average molecular weight is 322 g/mol. The van der Waals surface area contributed by atoms with E-state index in [9.17, 15) is 9.59 Å². The van der Waals surface area contributed by atoms with Gasteiger partial charge in [-0.05, 0) is 29.7 Å². The zero-order valence-corrected chi connectivity index (χ0v) is 13.1. The summed E-state index contributed by atoms with van der Waals surface area (Å²) in [6.45, 7) is 0.851. The molecule has 3 rings (SSSR count). The molecule has 6 heteroatoms. The van der Waals surface area contributed by atoms with Gasteiger partial charge in [-0.25, -0.2) is 4.79 Å². The summed E-state index contributed by atoms with van der Waals surface area (Å²) in [6, 6.07) is 13.4. The quantitative estimate of drug-likeness (QED) is 0.723. The van der Waals surface area contributed by atoms with Gasteiger partial charge in [0.05, 0.1) is 6.54 Å². The number of carbonyl (C=O) groups excluding carboxylic acids is 1. The lowest BCUT2D eigenvalue weighted by Gasteiger charge is -2.08. The van der Waals surface area contributed by atoms with Crippen molar-refractivity contribution in [2.45, 2.75) is 13.0 Å². The summed E-state index contributed by atoms with van der Waals surface area (Å²) >= 11 is 0. The molecule has 0 spiro atoms. The maximum Gasteiger partial charge on any atom is 0.326 e. The average Bonchev–Trinajstić information content (AvgIpc) is 2.97. The molecule has 0 fully saturated rings. The van der Waals surface area contributed by atoms with Gasteiger partial charge in [-0.2, -0.15) is 0 Å². The predicted molar refractivity (Wildman–Crippen MR) is 90.9 cm³/mol. The van der Waals surface area contributed by atoms with Crippen molar-refractivity contribution in [3.8, 4) is 0 Å². The molecule has 0 unspecified atom stereocenters. The minimum Gasteiger partial charge on any atom is -0.350 e. The van der Waals surface area contributed by atoms with Crippen molar-refractivity contribution >= 4 is 5.91 Å². The first-order chi connectivity index (χ1) is 11.7. The topological polar surface area (TPSA) is 79.8 Å². The molecule has 0 radical (unpaired) electrons. The summed E-state index contributed by atoms with van der Waals surface area (Å²) in [5, 5.41) is 2.85. The Morgan fingerprint density at radius 2 is 1.83 bits per heavy atom. The smallest absolute Gasteiger partial charge is 0.326 e. The van der Waals surface area contributed by atoms with E-state index in [1.807, 2.05) is 42.5 Å². The van der Waals surface area contributed by atoms with Gasteiger partial charge < -0.3 is 10.3 Å². The van der Waals surface area contributed by atoms with Crippen molar-refractivity contribution in [3.63, 3.8) is 0 Å². The van der Waals surface area contributed by atoms with E-state index in [4.69, 9.17) is 0 Å². The van der Waals surface area contributed by atoms with Crippen LogP contribution < -0.4 is 11.0 Å². The Bertz CT molecular complexity index is 853. The third-order valence-corrected chi connectivity index (χ3v) is 3.73. The van der Waals surface area contributed by atoms with Gasteiger partial charge in [0.25, 0.3) is 5.91 Å². The fraction of sp³-hybridized carbons (Fsp3) is 0.167. The van der Waals surface area contributed by atoms with Crippen LogP contribution in [0.2, 0.25) is 0 Å². The van der Waals surface area contributed by atoms with Gasteiger partial charge in [0, 0.05) is 25.1 Å². The van der Waals surface area contributed by atoms with Crippen LogP contribution in [0.15, 0.2) is 65.8 Å². The Balaban J connectivity index is 1.66. The highest BCUT2D eigenvalue weighted by Gasteiger charge is 2.14. The molecule has 1 aromatic carbocycles. The molecule has 0 atom stereocenters. The van der Waals surface area contributed by atoms with E-state index in [0.29, 0.717) is 25.2 Å². The normalized spacial score (nSPS) is 10.5. The van der Waals surface area contributed by atoms with Crippen molar-refractivity contribution < 1.29 is 4.79 Å². The highest BCUT2D eigenvalue weighted by Crippen LogP contribution is 2.04. The number of carbonyl (C=O) groups is 1. The van der Waals surface area contributed by atoms with Crippen LogP contribution in [0.4, 0.5) is 0 Å². The van der Waals surface area contributed by atoms with Gasteiger partial charge in [-0.1, -0.05) is 30.3 Å². The molecule has 3 aromatic rings. The lowest BCUT2D eigenvalue weighted by atomic mass is 10.2. The molecular weight excluding hydrogens is 304 g/mol. The number of H-pyrrole nitrogens is 1. The lowest BCUT2D eigenvalue weighted by molar-refractivity contribution is 0.0945.